The second-order valence-corrected chi connectivity index (χ2v) is 7.27. The Morgan fingerprint density at radius 2 is 1.73 bits per heavy atom. The van der Waals surface area contributed by atoms with Crippen LogP contribution in [0.25, 0.3) is 0 Å². The van der Waals surface area contributed by atoms with E-state index >= 15 is 0 Å². The average Bonchev–Trinajstić information content (AvgIpc) is 2.64. The van der Waals surface area contributed by atoms with Gasteiger partial charge in [0.15, 0.2) is 6.61 Å². The van der Waals surface area contributed by atoms with Crippen molar-refractivity contribution in [3.8, 4) is 5.75 Å². The number of para-hydroxylation sites is 1. The maximum absolute atomic E-state index is 13.9. The first-order valence-electron chi connectivity index (χ1n) is 8.62. The van der Waals surface area contributed by atoms with E-state index in [9.17, 15) is 9.18 Å². The number of nitrogens with zero attached hydrogens (tertiary/aromatic N) is 2. The number of piperazine rings is 1. The molecule has 26 heavy (non-hydrogen) atoms. The Morgan fingerprint density at radius 1 is 1.12 bits per heavy atom. The summed E-state index contributed by atoms with van der Waals surface area (Å²) >= 11 is 3.52. The number of aryl methyl sites for hydroxylation is 2. The number of rotatable bonds is 4. The molecule has 0 N–H and O–H groups in total. The minimum absolute atomic E-state index is 0.0141. The topological polar surface area (TPSA) is 32.8 Å². The maximum Gasteiger partial charge on any atom is 0.260 e. The largest absolute Gasteiger partial charge is 0.484 e. The molecule has 1 saturated heterocycles. The van der Waals surface area contributed by atoms with Gasteiger partial charge in [-0.25, -0.2) is 4.39 Å². The van der Waals surface area contributed by atoms with Gasteiger partial charge in [0.05, 0.1) is 5.69 Å². The first kappa shape index (κ1) is 18.7. The van der Waals surface area contributed by atoms with Crippen molar-refractivity contribution in [3.63, 3.8) is 0 Å². The van der Waals surface area contributed by atoms with Crippen LogP contribution in [-0.2, 0) is 4.79 Å². The standard InChI is InChI=1S/C20H22BrFN2O2/c1-14-11-16(12-15(2)20(14)21)26-13-19(25)24-9-7-23(8-10-24)18-6-4-3-5-17(18)22/h3-6,11-12H,7-10,13H2,1-2H3. The third kappa shape index (κ3) is 4.18. The molecule has 1 amide bonds. The number of ether oxygens (including phenoxy) is 1. The van der Waals surface area contributed by atoms with Crippen LogP contribution in [0.4, 0.5) is 10.1 Å². The highest BCUT2D eigenvalue weighted by molar-refractivity contribution is 9.10. The van der Waals surface area contributed by atoms with Gasteiger partial charge in [0.2, 0.25) is 0 Å². The van der Waals surface area contributed by atoms with Crippen molar-refractivity contribution in [3.05, 3.63) is 57.8 Å². The molecule has 0 spiro atoms. The van der Waals surface area contributed by atoms with Crippen molar-refractivity contribution in [2.45, 2.75) is 13.8 Å². The van der Waals surface area contributed by atoms with Crippen molar-refractivity contribution in [2.24, 2.45) is 0 Å². The molecule has 0 saturated carbocycles. The van der Waals surface area contributed by atoms with Crippen LogP contribution < -0.4 is 9.64 Å². The van der Waals surface area contributed by atoms with Crippen molar-refractivity contribution in [1.29, 1.82) is 0 Å². The zero-order valence-electron chi connectivity index (χ0n) is 15.0. The molecule has 0 atom stereocenters. The summed E-state index contributed by atoms with van der Waals surface area (Å²) in [6, 6.07) is 10.6. The number of halogens is 2. The fourth-order valence-electron chi connectivity index (χ4n) is 3.13. The monoisotopic (exact) mass is 420 g/mol. The van der Waals surface area contributed by atoms with E-state index in [1.54, 1.807) is 17.0 Å². The van der Waals surface area contributed by atoms with E-state index in [0.717, 1.165) is 15.6 Å². The van der Waals surface area contributed by atoms with Gasteiger partial charge in [-0.2, -0.15) is 0 Å². The summed E-state index contributed by atoms with van der Waals surface area (Å²) in [5.41, 5.74) is 2.74. The summed E-state index contributed by atoms with van der Waals surface area (Å²) in [6.07, 6.45) is 0. The number of hydrogen-bond donors (Lipinski definition) is 0. The molecule has 0 unspecified atom stereocenters. The number of anilines is 1. The predicted molar refractivity (Wildman–Crippen MR) is 104 cm³/mol. The molecular weight excluding hydrogens is 399 g/mol. The number of hydrogen-bond acceptors (Lipinski definition) is 3. The van der Waals surface area contributed by atoms with Crippen molar-refractivity contribution < 1.29 is 13.9 Å². The van der Waals surface area contributed by atoms with Gasteiger partial charge in [-0.1, -0.05) is 28.1 Å². The Hall–Kier alpha value is -2.08. The first-order chi connectivity index (χ1) is 12.5. The summed E-state index contributed by atoms with van der Waals surface area (Å²) in [5, 5.41) is 0. The Labute approximate surface area is 161 Å². The minimum atomic E-state index is -0.225. The van der Waals surface area contributed by atoms with E-state index in [-0.39, 0.29) is 18.3 Å². The summed E-state index contributed by atoms with van der Waals surface area (Å²) in [4.78, 5) is 16.2. The van der Waals surface area contributed by atoms with E-state index in [4.69, 9.17) is 4.74 Å². The van der Waals surface area contributed by atoms with Gasteiger partial charge in [0.25, 0.3) is 5.91 Å². The van der Waals surface area contributed by atoms with E-state index in [2.05, 4.69) is 15.9 Å². The highest BCUT2D eigenvalue weighted by Gasteiger charge is 2.23. The van der Waals surface area contributed by atoms with E-state index in [0.29, 0.717) is 37.6 Å². The second-order valence-electron chi connectivity index (χ2n) is 6.48. The molecule has 1 fully saturated rings. The summed E-state index contributed by atoms with van der Waals surface area (Å²) < 4.78 is 20.6. The molecule has 2 aromatic rings. The minimum Gasteiger partial charge on any atom is -0.484 e. The first-order valence-corrected chi connectivity index (χ1v) is 9.42. The molecule has 1 aliphatic heterocycles. The molecule has 1 aliphatic rings. The molecule has 0 radical (unpaired) electrons. The number of amides is 1. The van der Waals surface area contributed by atoms with Crippen LogP contribution >= 0.6 is 15.9 Å². The van der Waals surface area contributed by atoms with Gasteiger partial charge >= 0.3 is 0 Å². The Kier molecular flexibility index (Phi) is 5.81. The summed E-state index contributed by atoms with van der Waals surface area (Å²) in [5.74, 6) is 0.425. The maximum atomic E-state index is 13.9. The van der Waals surface area contributed by atoms with Crippen LogP contribution in [0.15, 0.2) is 40.9 Å². The molecule has 0 aliphatic carbocycles. The lowest BCUT2D eigenvalue weighted by molar-refractivity contribution is -0.133. The van der Waals surface area contributed by atoms with Crippen LogP contribution in [-0.4, -0.2) is 43.6 Å². The van der Waals surface area contributed by atoms with Gasteiger partial charge < -0.3 is 14.5 Å². The van der Waals surface area contributed by atoms with Crippen LogP contribution in [0.2, 0.25) is 0 Å². The normalized spacial score (nSPS) is 14.5. The Balaban J connectivity index is 1.53. The van der Waals surface area contributed by atoms with E-state index in [1.807, 2.05) is 36.9 Å². The SMILES string of the molecule is Cc1cc(OCC(=O)N2CCN(c3ccccc3F)CC2)cc(C)c1Br. The lowest BCUT2D eigenvalue weighted by atomic mass is 10.1. The lowest BCUT2D eigenvalue weighted by Crippen LogP contribution is -2.50. The van der Waals surface area contributed by atoms with E-state index < -0.39 is 0 Å². The van der Waals surface area contributed by atoms with Crippen LogP contribution in [0.1, 0.15) is 11.1 Å². The summed E-state index contributed by atoms with van der Waals surface area (Å²) in [6.45, 7) is 6.36. The molecule has 3 rings (SSSR count). The zero-order chi connectivity index (χ0) is 18.7. The third-order valence-corrected chi connectivity index (χ3v) is 5.85. The molecule has 2 aromatic carbocycles. The van der Waals surface area contributed by atoms with Crippen LogP contribution in [0, 0.1) is 19.7 Å². The molecule has 138 valence electrons. The van der Waals surface area contributed by atoms with Gasteiger partial charge in [-0.3, -0.25) is 4.79 Å². The Bertz CT molecular complexity index is 781. The highest BCUT2D eigenvalue weighted by atomic mass is 79.9. The third-order valence-electron chi connectivity index (χ3n) is 4.60. The van der Waals surface area contributed by atoms with Crippen molar-refractivity contribution in [2.75, 3.05) is 37.7 Å². The quantitative estimate of drug-likeness (QED) is 0.750. The molecule has 6 heteroatoms. The fraction of sp³-hybridized carbons (Fsp3) is 0.350. The smallest absolute Gasteiger partial charge is 0.260 e. The van der Waals surface area contributed by atoms with Gasteiger partial charge in [-0.15, -0.1) is 0 Å². The van der Waals surface area contributed by atoms with Gasteiger partial charge in [0.1, 0.15) is 11.6 Å². The highest BCUT2D eigenvalue weighted by Crippen LogP contribution is 2.26. The predicted octanol–water partition coefficient (Wildman–Crippen LogP) is 3.93. The lowest BCUT2D eigenvalue weighted by Gasteiger charge is -2.36. The van der Waals surface area contributed by atoms with Crippen LogP contribution in [0.5, 0.6) is 5.75 Å². The molecule has 4 nitrogen and oxygen atoms in total. The fourth-order valence-corrected chi connectivity index (χ4v) is 3.36. The van der Waals surface area contributed by atoms with Crippen molar-refractivity contribution >= 4 is 27.5 Å². The molecule has 0 aromatic heterocycles. The number of benzene rings is 2. The van der Waals surface area contributed by atoms with Gasteiger partial charge in [0, 0.05) is 30.7 Å². The molecular formula is C20H22BrFN2O2. The zero-order valence-corrected chi connectivity index (χ0v) is 16.6. The number of carbonyl (C=O) groups excluding carboxylic acids is 1. The number of carbonyl (C=O) groups is 1. The van der Waals surface area contributed by atoms with Crippen LogP contribution in [0.3, 0.4) is 0 Å². The molecule has 1 heterocycles. The van der Waals surface area contributed by atoms with Gasteiger partial charge in [-0.05, 0) is 49.2 Å². The van der Waals surface area contributed by atoms with Crippen molar-refractivity contribution in [1.82, 2.24) is 4.90 Å². The Morgan fingerprint density at radius 3 is 2.35 bits per heavy atom. The summed E-state index contributed by atoms with van der Waals surface area (Å²) in [7, 11) is 0. The second kappa shape index (κ2) is 8.08. The average molecular weight is 421 g/mol. The molecule has 0 bridgehead atoms. The van der Waals surface area contributed by atoms with E-state index in [1.165, 1.54) is 6.07 Å².